The largest absolute Gasteiger partial charge is 0.495 e. The summed E-state index contributed by atoms with van der Waals surface area (Å²) >= 11 is 0. The van der Waals surface area contributed by atoms with Gasteiger partial charge in [0.1, 0.15) is 23.4 Å². The predicted octanol–water partition coefficient (Wildman–Crippen LogP) is 2.98. The van der Waals surface area contributed by atoms with Gasteiger partial charge in [0.25, 0.3) is 0 Å². The summed E-state index contributed by atoms with van der Waals surface area (Å²) < 4.78 is 37.3. The first-order valence-electron chi connectivity index (χ1n) is 7.87. The van der Waals surface area contributed by atoms with E-state index in [4.69, 9.17) is 9.47 Å². The van der Waals surface area contributed by atoms with Gasteiger partial charge in [-0.3, -0.25) is 9.59 Å². The van der Waals surface area contributed by atoms with Gasteiger partial charge in [-0.15, -0.1) is 0 Å². The number of hydrogen-bond donors (Lipinski definition) is 2. The van der Waals surface area contributed by atoms with Crippen LogP contribution in [-0.2, 0) is 9.59 Å². The Morgan fingerprint density at radius 1 is 1.19 bits per heavy atom. The summed E-state index contributed by atoms with van der Waals surface area (Å²) in [5.74, 6) is -1.69. The van der Waals surface area contributed by atoms with Crippen LogP contribution in [0.3, 0.4) is 0 Å². The Kier molecular flexibility index (Phi) is 5.01. The monoisotopic (exact) mass is 362 g/mol. The van der Waals surface area contributed by atoms with E-state index in [0.717, 1.165) is 6.07 Å². The molecule has 1 fully saturated rings. The third-order valence-corrected chi connectivity index (χ3v) is 3.86. The van der Waals surface area contributed by atoms with Crippen molar-refractivity contribution in [1.82, 2.24) is 5.32 Å². The molecule has 1 unspecified atom stereocenters. The molecule has 6 nitrogen and oxygen atoms in total. The highest BCUT2D eigenvalue weighted by atomic mass is 19.1. The van der Waals surface area contributed by atoms with Crippen molar-refractivity contribution < 1.29 is 27.8 Å². The first-order chi connectivity index (χ1) is 12.5. The maximum Gasteiger partial charge on any atom is 0.247 e. The molecule has 0 radical (unpaired) electrons. The number of nitrogens with one attached hydrogen (secondary N) is 2. The lowest BCUT2D eigenvalue weighted by Gasteiger charge is -2.15. The fraction of sp³-hybridized carbons (Fsp3) is 0.222. The Labute approximate surface area is 148 Å². The van der Waals surface area contributed by atoms with E-state index in [0.29, 0.717) is 30.3 Å². The molecule has 8 heteroatoms. The Morgan fingerprint density at radius 2 is 1.96 bits per heavy atom. The molecule has 0 bridgehead atoms. The first-order valence-corrected chi connectivity index (χ1v) is 7.87. The van der Waals surface area contributed by atoms with Crippen LogP contribution >= 0.6 is 0 Å². The lowest BCUT2D eigenvalue weighted by molar-refractivity contribution is -0.122. The summed E-state index contributed by atoms with van der Waals surface area (Å²) in [6.45, 7) is 0. The van der Waals surface area contributed by atoms with Gasteiger partial charge in [-0.05, 0) is 30.7 Å². The van der Waals surface area contributed by atoms with Crippen LogP contribution in [0.2, 0.25) is 0 Å². The molecule has 0 aromatic heterocycles. The summed E-state index contributed by atoms with van der Waals surface area (Å²) in [5, 5.41) is 5.23. The van der Waals surface area contributed by atoms with Crippen molar-refractivity contribution in [3.05, 3.63) is 48.0 Å². The summed E-state index contributed by atoms with van der Waals surface area (Å²) in [6, 6.07) is 6.86. The molecule has 1 heterocycles. The lowest BCUT2D eigenvalue weighted by atomic mass is 10.2. The second-order valence-electron chi connectivity index (χ2n) is 5.69. The predicted molar refractivity (Wildman–Crippen MR) is 89.2 cm³/mol. The maximum atomic E-state index is 13.7. The molecule has 26 heavy (non-hydrogen) atoms. The highest BCUT2D eigenvalue weighted by Gasteiger charge is 2.27. The molecule has 2 N–H and O–H groups in total. The van der Waals surface area contributed by atoms with E-state index in [2.05, 4.69) is 10.6 Å². The van der Waals surface area contributed by atoms with Crippen LogP contribution in [0.4, 0.5) is 14.5 Å². The normalized spacial score (nSPS) is 16.1. The molecule has 1 aliphatic rings. The highest BCUT2D eigenvalue weighted by molar-refractivity contribution is 6.00. The SMILES string of the molecule is COc1ccc(Oc2ccc(F)cc2F)cc1NC(=O)C1CCC(=O)N1. The van der Waals surface area contributed by atoms with E-state index in [1.807, 2.05) is 0 Å². The lowest BCUT2D eigenvalue weighted by Crippen LogP contribution is -2.37. The van der Waals surface area contributed by atoms with E-state index >= 15 is 0 Å². The average Bonchev–Trinajstić information content (AvgIpc) is 3.04. The van der Waals surface area contributed by atoms with Gasteiger partial charge in [0, 0.05) is 18.6 Å². The molecule has 2 aromatic carbocycles. The van der Waals surface area contributed by atoms with Crippen LogP contribution in [0.1, 0.15) is 12.8 Å². The smallest absolute Gasteiger partial charge is 0.247 e. The van der Waals surface area contributed by atoms with Crippen molar-refractivity contribution in [3.8, 4) is 17.2 Å². The summed E-state index contributed by atoms with van der Waals surface area (Å²) in [5.41, 5.74) is 0.304. The zero-order valence-electron chi connectivity index (χ0n) is 13.8. The second-order valence-corrected chi connectivity index (χ2v) is 5.69. The quantitative estimate of drug-likeness (QED) is 0.857. The van der Waals surface area contributed by atoms with Crippen molar-refractivity contribution in [1.29, 1.82) is 0 Å². The van der Waals surface area contributed by atoms with Gasteiger partial charge in [-0.1, -0.05) is 0 Å². The highest BCUT2D eigenvalue weighted by Crippen LogP contribution is 2.32. The molecule has 1 atom stereocenters. The third-order valence-electron chi connectivity index (χ3n) is 3.86. The standard InChI is InChI=1S/C18H16F2N2O4/c1-25-16-6-3-11(26-15-5-2-10(19)8-12(15)20)9-14(16)22-18(24)13-4-7-17(23)21-13/h2-3,5-6,8-9,13H,4,7H2,1H3,(H,21,23)(H,22,24). The maximum absolute atomic E-state index is 13.7. The molecule has 2 amide bonds. The molecule has 0 saturated carbocycles. The number of benzene rings is 2. The number of hydrogen-bond acceptors (Lipinski definition) is 4. The van der Waals surface area contributed by atoms with Crippen molar-refractivity contribution in [2.24, 2.45) is 0 Å². The zero-order chi connectivity index (χ0) is 18.7. The Morgan fingerprint density at radius 3 is 2.62 bits per heavy atom. The minimum absolute atomic E-state index is 0.156. The van der Waals surface area contributed by atoms with Gasteiger partial charge in [-0.25, -0.2) is 8.78 Å². The van der Waals surface area contributed by atoms with Gasteiger partial charge in [-0.2, -0.15) is 0 Å². The van der Waals surface area contributed by atoms with E-state index < -0.39 is 17.7 Å². The number of methoxy groups -OCH3 is 1. The van der Waals surface area contributed by atoms with Gasteiger partial charge in [0.05, 0.1) is 12.8 Å². The van der Waals surface area contributed by atoms with Crippen LogP contribution in [0.25, 0.3) is 0 Å². The minimum Gasteiger partial charge on any atom is -0.495 e. The number of anilines is 1. The van der Waals surface area contributed by atoms with Crippen molar-refractivity contribution in [2.45, 2.75) is 18.9 Å². The topological polar surface area (TPSA) is 76.7 Å². The van der Waals surface area contributed by atoms with E-state index in [1.165, 1.54) is 25.3 Å². The molecule has 0 spiro atoms. The molecule has 1 saturated heterocycles. The van der Waals surface area contributed by atoms with E-state index in [9.17, 15) is 18.4 Å². The Hall–Kier alpha value is -3.16. The number of rotatable bonds is 5. The Bertz CT molecular complexity index is 857. The van der Waals surface area contributed by atoms with Gasteiger partial charge in [0.15, 0.2) is 11.6 Å². The van der Waals surface area contributed by atoms with Crippen LogP contribution < -0.4 is 20.1 Å². The van der Waals surface area contributed by atoms with Crippen LogP contribution in [-0.4, -0.2) is 25.0 Å². The van der Waals surface area contributed by atoms with Gasteiger partial charge >= 0.3 is 0 Å². The van der Waals surface area contributed by atoms with Crippen LogP contribution in [0, 0.1) is 11.6 Å². The minimum atomic E-state index is -0.847. The van der Waals surface area contributed by atoms with Crippen molar-refractivity contribution in [2.75, 3.05) is 12.4 Å². The molecule has 3 rings (SSSR count). The average molecular weight is 362 g/mol. The number of amides is 2. The molecular formula is C18H16F2N2O4. The van der Waals surface area contributed by atoms with E-state index in [-0.39, 0.29) is 23.3 Å². The summed E-state index contributed by atoms with van der Waals surface area (Å²) in [7, 11) is 1.43. The van der Waals surface area contributed by atoms with Crippen molar-refractivity contribution >= 4 is 17.5 Å². The van der Waals surface area contributed by atoms with Gasteiger partial charge < -0.3 is 20.1 Å². The molecule has 0 aliphatic carbocycles. The molecule has 136 valence electrons. The van der Waals surface area contributed by atoms with Crippen molar-refractivity contribution in [3.63, 3.8) is 0 Å². The number of carbonyl (C=O) groups excluding carboxylic acids is 2. The number of ether oxygens (including phenoxy) is 2. The molecular weight excluding hydrogens is 346 g/mol. The Balaban J connectivity index is 1.79. The first kappa shape index (κ1) is 17.7. The number of halogens is 2. The molecule has 2 aromatic rings. The third kappa shape index (κ3) is 3.90. The zero-order valence-corrected chi connectivity index (χ0v) is 13.8. The number of carbonyl (C=O) groups is 2. The van der Waals surface area contributed by atoms with Crippen LogP contribution in [0.15, 0.2) is 36.4 Å². The fourth-order valence-corrected chi connectivity index (χ4v) is 2.56. The summed E-state index contributed by atoms with van der Waals surface area (Å²) in [4.78, 5) is 23.5. The summed E-state index contributed by atoms with van der Waals surface area (Å²) in [6.07, 6.45) is 0.701. The van der Waals surface area contributed by atoms with E-state index in [1.54, 1.807) is 6.07 Å². The van der Waals surface area contributed by atoms with Gasteiger partial charge in [0.2, 0.25) is 11.8 Å². The fourth-order valence-electron chi connectivity index (χ4n) is 2.56. The molecule has 1 aliphatic heterocycles. The second kappa shape index (κ2) is 7.38. The van der Waals surface area contributed by atoms with Crippen LogP contribution in [0.5, 0.6) is 17.2 Å².